The topological polar surface area (TPSA) is 84.5 Å². The van der Waals surface area contributed by atoms with Gasteiger partial charge in [-0.3, -0.25) is 4.79 Å². The van der Waals surface area contributed by atoms with Gasteiger partial charge in [-0.2, -0.15) is 4.72 Å². The molecule has 0 saturated heterocycles. The molecule has 146 valence electrons. The highest BCUT2D eigenvalue weighted by atomic mass is 35.5. The maximum Gasteiger partial charge on any atom is 0.242 e. The van der Waals surface area contributed by atoms with Gasteiger partial charge in [0.2, 0.25) is 15.9 Å². The van der Waals surface area contributed by atoms with Crippen molar-refractivity contribution in [2.75, 3.05) is 11.9 Å². The van der Waals surface area contributed by atoms with Gasteiger partial charge < -0.3 is 10.1 Å². The molecule has 0 aromatic heterocycles. The third-order valence-corrected chi connectivity index (χ3v) is 5.28. The number of rotatable bonds is 7. The zero-order chi connectivity index (χ0) is 20.2. The highest BCUT2D eigenvalue weighted by Crippen LogP contribution is 2.27. The summed E-state index contributed by atoms with van der Waals surface area (Å²) < 4.78 is 59.4. The van der Waals surface area contributed by atoms with Crippen molar-refractivity contribution in [2.45, 2.75) is 24.8 Å². The van der Waals surface area contributed by atoms with E-state index in [0.717, 1.165) is 18.2 Å². The third kappa shape index (κ3) is 5.15. The van der Waals surface area contributed by atoms with Gasteiger partial charge in [0.25, 0.3) is 0 Å². The van der Waals surface area contributed by atoms with E-state index in [4.69, 9.17) is 16.3 Å². The summed E-state index contributed by atoms with van der Waals surface area (Å²) in [7, 11) is -4.11. The summed E-state index contributed by atoms with van der Waals surface area (Å²) in [5.41, 5.74) is -0.655. The van der Waals surface area contributed by atoms with E-state index < -0.39 is 39.3 Å². The molecule has 0 saturated carbocycles. The number of amides is 1. The van der Waals surface area contributed by atoms with Crippen molar-refractivity contribution in [1.82, 2.24) is 4.72 Å². The Kier molecular flexibility index (Phi) is 6.74. The largest absolute Gasteiger partial charge is 0.492 e. The molecule has 0 heterocycles. The van der Waals surface area contributed by atoms with Crippen LogP contribution in [0.4, 0.5) is 14.5 Å². The number of benzene rings is 2. The maximum absolute atomic E-state index is 13.6. The molecule has 2 aromatic carbocycles. The number of hydrogen-bond acceptors (Lipinski definition) is 4. The van der Waals surface area contributed by atoms with Crippen LogP contribution in [0.2, 0.25) is 5.02 Å². The third-order valence-electron chi connectivity index (χ3n) is 3.45. The van der Waals surface area contributed by atoms with Gasteiger partial charge in [0.15, 0.2) is 0 Å². The lowest BCUT2D eigenvalue weighted by Gasteiger charge is -2.15. The minimum Gasteiger partial charge on any atom is -0.492 e. The highest BCUT2D eigenvalue weighted by molar-refractivity contribution is 7.89. The summed E-state index contributed by atoms with van der Waals surface area (Å²) >= 11 is 5.98. The van der Waals surface area contributed by atoms with Crippen molar-refractivity contribution >= 4 is 33.2 Å². The lowest BCUT2D eigenvalue weighted by Crippen LogP contribution is -2.41. The van der Waals surface area contributed by atoms with Gasteiger partial charge in [-0.1, -0.05) is 17.7 Å². The average Bonchev–Trinajstić information content (AvgIpc) is 2.59. The lowest BCUT2D eigenvalue weighted by atomic mass is 10.2. The molecule has 0 bridgehead atoms. The molecule has 2 aromatic rings. The van der Waals surface area contributed by atoms with Gasteiger partial charge in [-0.05, 0) is 44.2 Å². The molecule has 27 heavy (non-hydrogen) atoms. The SMILES string of the molecule is CCOc1ccc(S(=O)(=O)N[C@@H](C)C(=O)Nc2c(F)cccc2F)cc1Cl. The van der Waals surface area contributed by atoms with Gasteiger partial charge in [-0.15, -0.1) is 0 Å². The molecular formula is C17H17ClF2N2O4S. The number of ether oxygens (including phenoxy) is 1. The summed E-state index contributed by atoms with van der Waals surface area (Å²) in [5.74, 6) is -2.56. The number of sulfonamides is 1. The Hall–Kier alpha value is -2.23. The van der Waals surface area contributed by atoms with E-state index in [0.29, 0.717) is 12.4 Å². The van der Waals surface area contributed by atoms with Crippen LogP contribution in [0, 0.1) is 11.6 Å². The molecule has 6 nitrogen and oxygen atoms in total. The van der Waals surface area contributed by atoms with Gasteiger partial charge in [-0.25, -0.2) is 17.2 Å². The van der Waals surface area contributed by atoms with E-state index in [2.05, 4.69) is 4.72 Å². The fourth-order valence-electron chi connectivity index (χ4n) is 2.12. The highest BCUT2D eigenvalue weighted by Gasteiger charge is 2.24. The Labute approximate surface area is 160 Å². The molecular weight excluding hydrogens is 402 g/mol. The second-order valence-corrected chi connectivity index (χ2v) is 7.58. The molecule has 1 atom stereocenters. The molecule has 2 rings (SSSR count). The number of nitrogens with one attached hydrogen (secondary N) is 2. The summed E-state index contributed by atoms with van der Waals surface area (Å²) in [4.78, 5) is 11.9. The zero-order valence-electron chi connectivity index (χ0n) is 14.4. The summed E-state index contributed by atoms with van der Waals surface area (Å²) in [6.07, 6.45) is 0. The summed E-state index contributed by atoms with van der Waals surface area (Å²) in [6, 6.07) is 5.60. The predicted octanol–water partition coefficient (Wildman–Crippen LogP) is 3.32. The molecule has 10 heteroatoms. The van der Waals surface area contributed by atoms with Crippen LogP contribution in [0.3, 0.4) is 0 Å². The standard InChI is InChI=1S/C17H17ClF2N2O4S/c1-3-26-15-8-7-11(9-12(15)18)27(24,25)22-10(2)17(23)21-16-13(19)5-4-6-14(16)20/h4-10,22H,3H2,1-2H3,(H,21,23)/t10-/m0/s1. The molecule has 0 unspecified atom stereocenters. The minimum atomic E-state index is -4.11. The van der Waals surface area contributed by atoms with Gasteiger partial charge in [0, 0.05) is 0 Å². The van der Waals surface area contributed by atoms with Crippen molar-refractivity contribution in [2.24, 2.45) is 0 Å². The lowest BCUT2D eigenvalue weighted by molar-refractivity contribution is -0.117. The molecule has 0 spiro atoms. The van der Waals surface area contributed by atoms with E-state index in [-0.39, 0.29) is 9.92 Å². The van der Waals surface area contributed by atoms with Crippen LogP contribution < -0.4 is 14.8 Å². The summed E-state index contributed by atoms with van der Waals surface area (Å²) in [5, 5.41) is 2.12. The maximum atomic E-state index is 13.6. The van der Waals surface area contributed by atoms with Crippen LogP contribution in [0.5, 0.6) is 5.75 Å². The first-order valence-electron chi connectivity index (χ1n) is 7.85. The van der Waals surface area contributed by atoms with Crippen LogP contribution in [-0.4, -0.2) is 27.0 Å². The summed E-state index contributed by atoms with van der Waals surface area (Å²) in [6.45, 7) is 3.34. The van der Waals surface area contributed by atoms with Crippen molar-refractivity contribution in [3.05, 3.63) is 53.1 Å². The Morgan fingerprint density at radius 3 is 2.41 bits per heavy atom. The van der Waals surface area contributed by atoms with Crippen LogP contribution >= 0.6 is 11.6 Å². The van der Waals surface area contributed by atoms with E-state index in [1.807, 2.05) is 5.32 Å². The Morgan fingerprint density at radius 2 is 1.85 bits per heavy atom. The molecule has 1 amide bonds. The number of carbonyl (C=O) groups excluding carboxylic acids is 1. The fourth-order valence-corrected chi connectivity index (χ4v) is 3.65. The van der Waals surface area contributed by atoms with Gasteiger partial charge in [0.1, 0.15) is 23.1 Å². The molecule has 0 radical (unpaired) electrons. The van der Waals surface area contributed by atoms with Crippen molar-refractivity contribution in [3.63, 3.8) is 0 Å². The second-order valence-electron chi connectivity index (χ2n) is 5.45. The van der Waals surface area contributed by atoms with Crippen molar-refractivity contribution in [3.8, 4) is 5.75 Å². The quantitative estimate of drug-likeness (QED) is 0.722. The van der Waals surface area contributed by atoms with Crippen LogP contribution in [0.15, 0.2) is 41.3 Å². The monoisotopic (exact) mass is 418 g/mol. The molecule has 2 N–H and O–H groups in total. The number of carbonyl (C=O) groups is 1. The predicted molar refractivity (Wildman–Crippen MR) is 97.4 cm³/mol. The zero-order valence-corrected chi connectivity index (χ0v) is 16.0. The first-order chi connectivity index (χ1) is 12.7. The average molecular weight is 419 g/mol. The minimum absolute atomic E-state index is 0.0882. The van der Waals surface area contributed by atoms with E-state index in [1.54, 1.807) is 6.92 Å². The molecule has 0 fully saturated rings. The Bertz CT molecular complexity index is 934. The van der Waals surface area contributed by atoms with E-state index in [9.17, 15) is 22.0 Å². The molecule has 0 aliphatic heterocycles. The Balaban J connectivity index is 2.14. The first kappa shape index (κ1) is 21.1. The number of hydrogen-bond donors (Lipinski definition) is 2. The molecule has 0 aliphatic carbocycles. The van der Waals surface area contributed by atoms with Crippen molar-refractivity contribution in [1.29, 1.82) is 0 Å². The first-order valence-corrected chi connectivity index (χ1v) is 9.71. The van der Waals surface area contributed by atoms with Crippen LogP contribution in [-0.2, 0) is 14.8 Å². The van der Waals surface area contributed by atoms with Gasteiger partial charge in [0.05, 0.1) is 22.6 Å². The number of para-hydroxylation sites is 1. The van der Waals surface area contributed by atoms with Crippen LogP contribution in [0.25, 0.3) is 0 Å². The normalized spacial score (nSPS) is 12.5. The van der Waals surface area contributed by atoms with Crippen LogP contribution in [0.1, 0.15) is 13.8 Å². The van der Waals surface area contributed by atoms with Crippen molar-refractivity contribution < 1.29 is 26.7 Å². The Morgan fingerprint density at radius 1 is 1.22 bits per heavy atom. The second kappa shape index (κ2) is 8.64. The van der Waals surface area contributed by atoms with Gasteiger partial charge >= 0.3 is 0 Å². The smallest absolute Gasteiger partial charge is 0.242 e. The number of halogens is 3. The number of anilines is 1. The van der Waals surface area contributed by atoms with E-state index in [1.165, 1.54) is 25.1 Å². The fraction of sp³-hybridized carbons (Fsp3) is 0.235. The van der Waals surface area contributed by atoms with E-state index >= 15 is 0 Å². The molecule has 0 aliphatic rings.